The van der Waals surface area contributed by atoms with Gasteiger partial charge >= 0.3 is 5.97 Å². The van der Waals surface area contributed by atoms with E-state index in [1.54, 1.807) is 24.3 Å². The first-order valence-corrected chi connectivity index (χ1v) is 7.30. The van der Waals surface area contributed by atoms with Crippen LogP contribution in [0.1, 0.15) is 20.0 Å². The summed E-state index contributed by atoms with van der Waals surface area (Å²) in [5, 5.41) is 6.90. The standard InChI is InChI=1S/C15H14N2O4S/c1-16-13(18)9-21-15(20)10-4-6-11(7-5-10)17-14(19)12-3-2-8-22-12/h2-8H,9H2,1H3,(H,16,18)(H,17,19). The van der Waals surface area contributed by atoms with Crippen LogP contribution in [0.25, 0.3) is 0 Å². The van der Waals surface area contributed by atoms with Gasteiger partial charge < -0.3 is 15.4 Å². The summed E-state index contributed by atoms with van der Waals surface area (Å²) in [7, 11) is 1.46. The van der Waals surface area contributed by atoms with Crippen LogP contribution in [0.15, 0.2) is 41.8 Å². The summed E-state index contributed by atoms with van der Waals surface area (Å²) >= 11 is 1.35. The third-order valence-electron chi connectivity index (χ3n) is 2.74. The Morgan fingerprint density at radius 1 is 1.14 bits per heavy atom. The van der Waals surface area contributed by atoms with Gasteiger partial charge in [0.15, 0.2) is 6.61 Å². The van der Waals surface area contributed by atoms with E-state index in [9.17, 15) is 14.4 Å². The summed E-state index contributed by atoms with van der Waals surface area (Å²) < 4.78 is 4.82. The lowest BCUT2D eigenvalue weighted by Gasteiger charge is -2.06. The molecular formula is C15H14N2O4S. The first-order chi connectivity index (χ1) is 10.6. The summed E-state index contributed by atoms with van der Waals surface area (Å²) in [6.45, 7) is -0.327. The van der Waals surface area contributed by atoms with Gasteiger partial charge in [0.1, 0.15) is 0 Å². The van der Waals surface area contributed by atoms with E-state index in [4.69, 9.17) is 4.74 Å². The fourth-order valence-electron chi connectivity index (χ4n) is 1.58. The number of carbonyl (C=O) groups is 3. The van der Waals surface area contributed by atoms with Gasteiger partial charge in [0.2, 0.25) is 0 Å². The Bertz CT molecular complexity index is 665. The van der Waals surface area contributed by atoms with E-state index in [1.807, 2.05) is 5.38 Å². The third kappa shape index (κ3) is 4.16. The lowest BCUT2D eigenvalue weighted by Crippen LogP contribution is -2.25. The highest BCUT2D eigenvalue weighted by Gasteiger charge is 2.10. The molecule has 6 nitrogen and oxygen atoms in total. The van der Waals surface area contributed by atoms with Crippen LogP contribution >= 0.6 is 11.3 Å². The lowest BCUT2D eigenvalue weighted by atomic mass is 10.2. The Morgan fingerprint density at radius 2 is 1.86 bits per heavy atom. The molecule has 2 rings (SSSR count). The maximum Gasteiger partial charge on any atom is 0.338 e. The number of benzene rings is 1. The molecule has 114 valence electrons. The van der Waals surface area contributed by atoms with Crippen LogP contribution in [0.4, 0.5) is 5.69 Å². The normalized spacial score (nSPS) is 9.86. The van der Waals surface area contributed by atoms with Gasteiger partial charge in [0, 0.05) is 12.7 Å². The molecule has 22 heavy (non-hydrogen) atoms. The molecule has 0 fully saturated rings. The van der Waals surface area contributed by atoms with Crippen LogP contribution < -0.4 is 10.6 Å². The molecule has 0 aliphatic heterocycles. The Hall–Kier alpha value is -2.67. The average molecular weight is 318 g/mol. The molecule has 1 aromatic carbocycles. The molecule has 0 atom stereocenters. The number of hydrogen-bond acceptors (Lipinski definition) is 5. The second kappa shape index (κ2) is 7.37. The summed E-state index contributed by atoms with van der Waals surface area (Å²) in [5.41, 5.74) is 0.874. The molecule has 0 spiro atoms. The Balaban J connectivity index is 1.94. The maximum atomic E-state index is 11.9. The van der Waals surface area contributed by atoms with Crippen LogP contribution in [0.3, 0.4) is 0 Å². The van der Waals surface area contributed by atoms with Crippen molar-refractivity contribution in [3.8, 4) is 0 Å². The average Bonchev–Trinajstić information content (AvgIpc) is 3.07. The molecule has 2 aromatic rings. The van der Waals surface area contributed by atoms with E-state index in [1.165, 1.54) is 30.5 Å². The Morgan fingerprint density at radius 3 is 2.45 bits per heavy atom. The van der Waals surface area contributed by atoms with Gasteiger partial charge in [-0.2, -0.15) is 0 Å². The first-order valence-electron chi connectivity index (χ1n) is 6.43. The first kappa shape index (κ1) is 15.7. The monoisotopic (exact) mass is 318 g/mol. The van der Waals surface area contributed by atoms with Gasteiger partial charge in [-0.15, -0.1) is 11.3 Å². The second-order valence-corrected chi connectivity index (χ2v) is 5.21. The number of likely N-dealkylation sites (N-methyl/N-ethyl adjacent to an activating group) is 1. The number of thiophene rings is 1. The van der Waals surface area contributed by atoms with E-state index in [2.05, 4.69) is 10.6 Å². The van der Waals surface area contributed by atoms with Crippen LogP contribution in [-0.2, 0) is 9.53 Å². The number of nitrogens with one attached hydrogen (secondary N) is 2. The molecular weight excluding hydrogens is 304 g/mol. The van der Waals surface area contributed by atoms with Gasteiger partial charge in [-0.25, -0.2) is 4.79 Å². The van der Waals surface area contributed by atoms with Crippen molar-refractivity contribution in [3.63, 3.8) is 0 Å². The van der Waals surface area contributed by atoms with E-state index in [0.717, 1.165) is 0 Å². The summed E-state index contributed by atoms with van der Waals surface area (Å²) in [6, 6.07) is 9.77. The predicted octanol–water partition coefficient (Wildman–Crippen LogP) is 1.90. The highest BCUT2D eigenvalue weighted by molar-refractivity contribution is 7.12. The van der Waals surface area contributed by atoms with E-state index < -0.39 is 5.97 Å². The zero-order chi connectivity index (χ0) is 15.9. The number of esters is 1. The van der Waals surface area contributed by atoms with Crippen molar-refractivity contribution in [1.82, 2.24) is 5.32 Å². The van der Waals surface area contributed by atoms with Crippen molar-refractivity contribution < 1.29 is 19.1 Å². The molecule has 0 saturated heterocycles. The molecule has 0 saturated carbocycles. The van der Waals surface area contributed by atoms with Crippen molar-refractivity contribution >= 4 is 34.8 Å². The van der Waals surface area contributed by atoms with Crippen molar-refractivity contribution in [2.24, 2.45) is 0 Å². The minimum atomic E-state index is -0.597. The van der Waals surface area contributed by atoms with Gasteiger partial charge in [0.05, 0.1) is 10.4 Å². The third-order valence-corrected chi connectivity index (χ3v) is 3.61. The molecule has 7 heteroatoms. The summed E-state index contributed by atoms with van der Waals surface area (Å²) in [5.74, 6) is -1.18. The highest BCUT2D eigenvalue weighted by Crippen LogP contribution is 2.14. The molecule has 0 radical (unpaired) electrons. The molecule has 0 aliphatic rings. The van der Waals surface area contributed by atoms with Gasteiger partial charge in [0.25, 0.3) is 11.8 Å². The fourth-order valence-corrected chi connectivity index (χ4v) is 2.20. The zero-order valence-corrected chi connectivity index (χ0v) is 12.6. The second-order valence-electron chi connectivity index (χ2n) is 4.26. The van der Waals surface area contributed by atoms with E-state index in [0.29, 0.717) is 16.1 Å². The largest absolute Gasteiger partial charge is 0.452 e. The lowest BCUT2D eigenvalue weighted by molar-refractivity contribution is -0.123. The van der Waals surface area contributed by atoms with Gasteiger partial charge in [-0.3, -0.25) is 9.59 Å². The fraction of sp³-hybridized carbons (Fsp3) is 0.133. The predicted molar refractivity (Wildman–Crippen MR) is 83.1 cm³/mol. The van der Waals surface area contributed by atoms with E-state index >= 15 is 0 Å². The molecule has 0 bridgehead atoms. The number of rotatable bonds is 5. The van der Waals surface area contributed by atoms with Crippen molar-refractivity contribution in [2.75, 3.05) is 19.0 Å². The molecule has 0 aliphatic carbocycles. The topological polar surface area (TPSA) is 84.5 Å². The quantitative estimate of drug-likeness (QED) is 0.825. The smallest absolute Gasteiger partial charge is 0.338 e. The van der Waals surface area contributed by atoms with E-state index in [-0.39, 0.29) is 18.4 Å². The molecule has 2 amide bonds. The maximum absolute atomic E-state index is 11.9. The van der Waals surface area contributed by atoms with Crippen molar-refractivity contribution in [2.45, 2.75) is 0 Å². The highest BCUT2D eigenvalue weighted by atomic mass is 32.1. The number of anilines is 1. The SMILES string of the molecule is CNC(=O)COC(=O)c1ccc(NC(=O)c2cccs2)cc1. The number of carbonyl (C=O) groups excluding carboxylic acids is 3. The van der Waals surface area contributed by atoms with Gasteiger partial charge in [-0.05, 0) is 35.7 Å². The van der Waals surface area contributed by atoms with Gasteiger partial charge in [-0.1, -0.05) is 6.07 Å². The Labute approximate surface area is 131 Å². The minimum absolute atomic E-state index is 0.204. The summed E-state index contributed by atoms with van der Waals surface area (Å²) in [6.07, 6.45) is 0. The Kier molecular flexibility index (Phi) is 5.26. The van der Waals surface area contributed by atoms with Crippen LogP contribution in [0.5, 0.6) is 0 Å². The van der Waals surface area contributed by atoms with Crippen molar-refractivity contribution in [1.29, 1.82) is 0 Å². The summed E-state index contributed by atoms with van der Waals surface area (Å²) in [4.78, 5) is 35.2. The van der Waals surface area contributed by atoms with Crippen molar-refractivity contribution in [3.05, 3.63) is 52.2 Å². The molecule has 0 unspecified atom stereocenters. The molecule has 1 aromatic heterocycles. The number of ether oxygens (including phenoxy) is 1. The number of amides is 2. The van der Waals surface area contributed by atoms with Crippen LogP contribution in [0.2, 0.25) is 0 Å². The molecule has 1 heterocycles. The van der Waals surface area contributed by atoms with Crippen LogP contribution in [0, 0.1) is 0 Å². The zero-order valence-electron chi connectivity index (χ0n) is 11.8. The van der Waals surface area contributed by atoms with Crippen LogP contribution in [-0.4, -0.2) is 31.4 Å². The number of hydrogen-bond donors (Lipinski definition) is 2. The molecule has 2 N–H and O–H groups in total. The minimum Gasteiger partial charge on any atom is -0.452 e.